The van der Waals surface area contributed by atoms with Crippen molar-refractivity contribution in [2.75, 3.05) is 0 Å². The lowest BCUT2D eigenvalue weighted by Crippen LogP contribution is -2.10. The van der Waals surface area contributed by atoms with E-state index >= 15 is 0 Å². The monoisotopic (exact) mass is 423 g/mol. The second kappa shape index (κ2) is 7.92. The fourth-order valence-electron chi connectivity index (χ4n) is 2.73. The molecule has 3 aromatic carbocycles. The molecule has 0 unspecified atom stereocenters. The number of para-hydroxylation sites is 1. The third kappa shape index (κ3) is 4.13. The number of carbonyl (C=O) groups excluding carboxylic acids is 1. The van der Waals surface area contributed by atoms with Crippen molar-refractivity contribution in [1.29, 1.82) is 0 Å². The second-order valence-corrected chi connectivity index (χ2v) is 7.78. The molecule has 0 saturated carbocycles. The predicted octanol–water partition coefficient (Wildman–Crippen LogP) is 3.94. The molecular formula is C22H14FNO5S. The van der Waals surface area contributed by atoms with Gasteiger partial charge in [0.15, 0.2) is 5.70 Å². The molecular weight excluding hydrogens is 409 g/mol. The van der Waals surface area contributed by atoms with Crippen LogP contribution in [0.15, 0.2) is 94.4 Å². The third-order valence-electron chi connectivity index (χ3n) is 4.13. The van der Waals surface area contributed by atoms with E-state index in [-0.39, 0.29) is 22.2 Å². The Balaban J connectivity index is 1.67. The molecule has 3 aromatic rings. The molecule has 1 heterocycles. The topological polar surface area (TPSA) is 82.0 Å². The highest BCUT2D eigenvalue weighted by Crippen LogP contribution is 2.27. The number of hydrogen-bond acceptors (Lipinski definition) is 6. The summed E-state index contributed by atoms with van der Waals surface area (Å²) in [5.74, 6) is -1.25. The number of esters is 1. The number of halogens is 1. The quantitative estimate of drug-likeness (QED) is 0.353. The maximum Gasteiger partial charge on any atom is 0.363 e. The Bertz CT molecular complexity index is 1280. The van der Waals surface area contributed by atoms with Crippen LogP contribution in [0, 0.1) is 5.82 Å². The van der Waals surface area contributed by atoms with Crippen LogP contribution in [0.2, 0.25) is 0 Å². The highest BCUT2D eigenvalue weighted by Gasteiger charge is 2.25. The zero-order valence-corrected chi connectivity index (χ0v) is 16.2. The molecule has 0 spiro atoms. The summed E-state index contributed by atoms with van der Waals surface area (Å²) in [6.45, 7) is 0. The first-order valence-electron chi connectivity index (χ1n) is 8.79. The first kappa shape index (κ1) is 19.5. The number of rotatable bonds is 5. The number of aliphatic imine (C=N–C) groups is 1. The Labute approximate surface area is 172 Å². The molecule has 6 nitrogen and oxygen atoms in total. The molecule has 8 heteroatoms. The molecule has 0 amide bonds. The largest absolute Gasteiger partial charge is 0.402 e. The van der Waals surface area contributed by atoms with Crippen molar-refractivity contribution in [3.05, 3.63) is 102 Å². The van der Waals surface area contributed by atoms with Crippen molar-refractivity contribution in [3.8, 4) is 5.75 Å². The normalized spacial score (nSPS) is 15.0. The zero-order valence-electron chi connectivity index (χ0n) is 15.4. The lowest BCUT2D eigenvalue weighted by molar-refractivity contribution is -0.129. The first-order valence-corrected chi connectivity index (χ1v) is 10.2. The van der Waals surface area contributed by atoms with Crippen molar-refractivity contribution in [3.63, 3.8) is 0 Å². The lowest BCUT2D eigenvalue weighted by atomic mass is 10.1. The highest BCUT2D eigenvalue weighted by atomic mass is 32.2. The summed E-state index contributed by atoms with van der Waals surface area (Å²) in [5.41, 5.74) is 0.554. The molecule has 30 heavy (non-hydrogen) atoms. The van der Waals surface area contributed by atoms with Gasteiger partial charge >= 0.3 is 16.1 Å². The maximum absolute atomic E-state index is 13.4. The Morgan fingerprint density at radius 1 is 0.933 bits per heavy atom. The molecule has 0 N–H and O–H groups in total. The minimum atomic E-state index is -4.06. The van der Waals surface area contributed by atoms with Gasteiger partial charge in [0, 0.05) is 11.1 Å². The SMILES string of the molecule is O=C1OC(c2cccc(F)c2)=NC1=Cc1ccccc1OS(=O)(=O)c1ccccc1. The Morgan fingerprint density at radius 3 is 2.43 bits per heavy atom. The van der Waals surface area contributed by atoms with E-state index in [1.54, 1.807) is 42.5 Å². The predicted molar refractivity (Wildman–Crippen MR) is 108 cm³/mol. The molecule has 4 rings (SSSR count). The van der Waals surface area contributed by atoms with E-state index < -0.39 is 21.9 Å². The standard InChI is InChI=1S/C22H14FNO5S/c23-17-9-6-8-16(13-17)21-24-19(22(25)28-21)14-15-7-4-5-12-20(15)29-30(26,27)18-10-2-1-3-11-18/h1-14H. The van der Waals surface area contributed by atoms with E-state index in [9.17, 15) is 17.6 Å². The average Bonchev–Trinajstić information content (AvgIpc) is 3.10. The Hall–Kier alpha value is -3.78. The number of carbonyl (C=O) groups is 1. The van der Waals surface area contributed by atoms with E-state index in [2.05, 4.69) is 4.99 Å². The summed E-state index contributed by atoms with van der Waals surface area (Å²) >= 11 is 0. The van der Waals surface area contributed by atoms with Crippen molar-refractivity contribution < 1.29 is 26.5 Å². The zero-order chi connectivity index (χ0) is 21.1. The number of ether oxygens (including phenoxy) is 1. The first-order chi connectivity index (χ1) is 14.4. The minimum absolute atomic E-state index is 0.000793. The molecule has 1 aliphatic rings. The van der Waals surface area contributed by atoms with Crippen molar-refractivity contribution in [1.82, 2.24) is 0 Å². The van der Waals surface area contributed by atoms with Crippen LogP contribution in [0.25, 0.3) is 6.08 Å². The van der Waals surface area contributed by atoms with E-state index in [4.69, 9.17) is 8.92 Å². The summed E-state index contributed by atoms with van der Waals surface area (Å²) in [4.78, 5) is 16.3. The molecule has 0 atom stereocenters. The van der Waals surface area contributed by atoms with Gasteiger partial charge < -0.3 is 8.92 Å². The van der Waals surface area contributed by atoms with Crippen molar-refractivity contribution >= 4 is 28.1 Å². The molecule has 0 aliphatic carbocycles. The van der Waals surface area contributed by atoms with Crippen molar-refractivity contribution in [2.45, 2.75) is 4.90 Å². The van der Waals surface area contributed by atoms with Gasteiger partial charge in [-0.1, -0.05) is 42.5 Å². The Morgan fingerprint density at radius 2 is 1.67 bits per heavy atom. The highest BCUT2D eigenvalue weighted by molar-refractivity contribution is 7.87. The van der Waals surface area contributed by atoms with Crippen LogP contribution >= 0.6 is 0 Å². The van der Waals surface area contributed by atoms with Crippen molar-refractivity contribution in [2.24, 2.45) is 4.99 Å². The summed E-state index contributed by atoms with van der Waals surface area (Å²) in [7, 11) is -4.06. The summed E-state index contributed by atoms with van der Waals surface area (Å²) in [6, 6.07) is 19.5. The third-order valence-corrected chi connectivity index (χ3v) is 5.38. The van der Waals surface area contributed by atoms with Gasteiger partial charge in [-0.25, -0.2) is 14.2 Å². The molecule has 0 radical (unpaired) electrons. The molecule has 0 saturated heterocycles. The van der Waals surface area contributed by atoms with Crippen LogP contribution in [-0.2, 0) is 19.6 Å². The van der Waals surface area contributed by atoms with E-state index in [1.807, 2.05) is 0 Å². The van der Waals surface area contributed by atoms with Crippen LogP contribution < -0.4 is 4.18 Å². The summed E-state index contributed by atoms with van der Waals surface area (Å²) < 4.78 is 48.9. The van der Waals surface area contributed by atoms with Gasteiger partial charge in [0.25, 0.3) is 0 Å². The van der Waals surface area contributed by atoms with Gasteiger partial charge in [-0.2, -0.15) is 8.42 Å². The van der Waals surface area contributed by atoms with E-state index in [0.29, 0.717) is 11.1 Å². The van der Waals surface area contributed by atoms with Crippen LogP contribution in [0.1, 0.15) is 11.1 Å². The number of nitrogens with zero attached hydrogens (tertiary/aromatic N) is 1. The van der Waals surface area contributed by atoms with Gasteiger partial charge in [0.1, 0.15) is 16.5 Å². The molecule has 0 aromatic heterocycles. The van der Waals surface area contributed by atoms with Crippen LogP contribution in [0.5, 0.6) is 5.75 Å². The fourth-order valence-corrected chi connectivity index (χ4v) is 3.71. The molecule has 150 valence electrons. The summed E-state index contributed by atoms with van der Waals surface area (Å²) in [5, 5.41) is 0. The fraction of sp³-hybridized carbons (Fsp3) is 0. The second-order valence-electron chi connectivity index (χ2n) is 6.23. The van der Waals surface area contributed by atoms with Gasteiger partial charge in [0.2, 0.25) is 5.90 Å². The maximum atomic E-state index is 13.4. The number of benzene rings is 3. The Kier molecular flexibility index (Phi) is 5.16. The van der Waals surface area contributed by atoms with Gasteiger partial charge in [0.05, 0.1) is 0 Å². The van der Waals surface area contributed by atoms with E-state index in [1.165, 1.54) is 42.5 Å². The van der Waals surface area contributed by atoms with E-state index in [0.717, 1.165) is 0 Å². The average molecular weight is 423 g/mol. The summed E-state index contributed by atoms with van der Waals surface area (Å²) in [6.07, 6.45) is 1.35. The van der Waals surface area contributed by atoms with Crippen LogP contribution in [-0.4, -0.2) is 20.3 Å². The molecule has 0 bridgehead atoms. The number of cyclic esters (lactones) is 1. The van der Waals surface area contributed by atoms with Gasteiger partial charge in [-0.05, 0) is 42.5 Å². The molecule has 0 fully saturated rings. The molecule has 1 aliphatic heterocycles. The lowest BCUT2D eigenvalue weighted by Gasteiger charge is -2.09. The number of hydrogen-bond donors (Lipinski definition) is 0. The van der Waals surface area contributed by atoms with Gasteiger partial charge in [-0.3, -0.25) is 0 Å². The van der Waals surface area contributed by atoms with Crippen LogP contribution in [0.3, 0.4) is 0 Å². The minimum Gasteiger partial charge on any atom is -0.402 e. The smallest absolute Gasteiger partial charge is 0.363 e. The van der Waals surface area contributed by atoms with Crippen LogP contribution in [0.4, 0.5) is 4.39 Å². The van der Waals surface area contributed by atoms with Gasteiger partial charge in [-0.15, -0.1) is 0 Å².